The third-order valence-corrected chi connectivity index (χ3v) is 4.01. The van der Waals surface area contributed by atoms with Gasteiger partial charge < -0.3 is 15.2 Å². The topological polar surface area (TPSA) is 41.5 Å². The Labute approximate surface area is 116 Å². The zero-order valence-electron chi connectivity index (χ0n) is 12.1. The number of aliphatic hydroxyl groups excluding tert-OH is 1. The van der Waals surface area contributed by atoms with E-state index in [1.165, 1.54) is 5.56 Å². The van der Waals surface area contributed by atoms with Gasteiger partial charge in [0.2, 0.25) is 0 Å². The highest BCUT2D eigenvalue weighted by Gasteiger charge is 2.25. The van der Waals surface area contributed by atoms with Crippen molar-refractivity contribution in [2.24, 2.45) is 0 Å². The average Bonchev–Trinajstić information content (AvgIpc) is 2.41. The molecule has 2 N–H and O–H groups in total. The maximum Gasteiger partial charge on any atom is 0.124 e. The molecule has 1 aromatic rings. The van der Waals surface area contributed by atoms with Crippen molar-refractivity contribution in [3.63, 3.8) is 0 Å². The Kier molecular flexibility index (Phi) is 4.83. The first-order valence-corrected chi connectivity index (χ1v) is 7.24. The molecule has 3 heteroatoms. The van der Waals surface area contributed by atoms with E-state index >= 15 is 0 Å². The van der Waals surface area contributed by atoms with E-state index in [4.69, 9.17) is 4.74 Å². The molecule has 19 heavy (non-hydrogen) atoms. The van der Waals surface area contributed by atoms with Crippen LogP contribution in [0.3, 0.4) is 0 Å². The Bertz CT molecular complexity index is 419. The molecule has 1 aliphatic carbocycles. The van der Waals surface area contributed by atoms with Crippen molar-refractivity contribution in [2.75, 3.05) is 7.05 Å². The molecule has 0 spiro atoms. The molecule has 0 radical (unpaired) electrons. The first-order chi connectivity index (χ1) is 9.11. The van der Waals surface area contributed by atoms with Gasteiger partial charge in [0.1, 0.15) is 11.9 Å². The predicted octanol–water partition coefficient (Wildman–Crippen LogP) is 2.96. The molecule has 2 rings (SSSR count). The Morgan fingerprint density at radius 3 is 2.74 bits per heavy atom. The molecule has 1 fully saturated rings. The van der Waals surface area contributed by atoms with Crippen LogP contribution in [0.15, 0.2) is 18.2 Å². The van der Waals surface area contributed by atoms with Crippen LogP contribution < -0.4 is 10.1 Å². The summed E-state index contributed by atoms with van der Waals surface area (Å²) in [5, 5.41) is 13.3. The van der Waals surface area contributed by atoms with Crippen LogP contribution >= 0.6 is 0 Å². The van der Waals surface area contributed by atoms with Gasteiger partial charge in [0, 0.05) is 11.6 Å². The third kappa shape index (κ3) is 3.48. The van der Waals surface area contributed by atoms with Crippen molar-refractivity contribution in [3.8, 4) is 5.75 Å². The number of benzene rings is 1. The zero-order valence-corrected chi connectivity index (χ0v) is 12.1. The molecule has 0 bridgehead atoms. The van der Waals surface area contributed by atoms with Gasteiger partial charge in [-0.15, -0.1) is 0 Å². The molecule has 3 nitrogen and oxygen atoms in total. The summed E-state index contributed by atoms with van der Waals surface area (Å²) in [5.41, 5.74) is 2.35. The lowest BCUT2D eigenvalue weighted by Crippen LogP contribution is -2.35. The smallest absolute Gasteiger partial charge is 0.124 e. The summed E-state index contributed by atoms with van der Waals surface area (Å²) in [5.74, 6) is 0.910. The number of ether oxygens (including phenoxy) is 1. The second-order valence-corrected chi connectivity index (χ2v) is 5.56. The normalized spacial score (nSPS) is 25.1. The van der Waals surface area contributed by atoms with Crippen LogP contribution in [0.2, 0.25) is 0 Å². The van der Waals surface area contributed by atoms with Crippen LogP contribution in [-0.4, -0.2) is 24.4 Å². The number of aryl methyl sites for hydroxylation is 1. The van der Waals surface area contributed by atoms with E-state index in [1.807, 2.05) is 7.05 Å². The lowest BCUT2D eigenvalue weighted by atomic mass is 9.94. The second kappa shape index (κ2) is 6.40. The second-order valence-electron chi connectivity index (χ2n) is 5.56. The van der Waals surface area contributed by atoms with Crippen molar-refractivity contribution in [1.82, 2.24) is 5.32 Å². The number of rotatable bonds is 4. The largest absolute Gasteiger partial charge is 0.487 e. The maximum atomic E-state index is 10.0. The Balaban J connectivity index is 2.19. The summed E-state index contributed by atoms with van der Waals surface area (Å²) in [6, 6.07) is 6.54. The molecule has 3 atom stereocenters. The van der Waals surface area contributed by atoms with Gasteiger partial charge in [-0.3, -0.25) is 0 Å². The monoisotopic (exact) mass is 263 g/mol. The summed E-state index contributed by atoms with van der Waals surface area (Å²) in [6.45, 7) is 4.19. The van der Waals surface area contributed by atoms with Gasteiger partial charge in [0.15, 0.2) is 0 Å². The first-order valence-electron chi connectivity index (χ1n) is 7.24. The Morgan fingerprint density at radius 1 is 1.32 bits per heavy atom. The molecular weight excluding hydrogens is 238 g/mol. The fraction of sp³-hybridized carbons (Fsp3) is 0.625. The highest BCUT2D eigenvalue weighted by atomic mass is 16.5. The summed E-state index contributed by atoms with van der Waals surface area (Å²) in [7, 11) is 1.95. The number of hydrogen-bond acceptors (Lipinski definition) is 3. The van der Waals surface area contributed by atoms with Gasteiger partial charge >= 0.3 is 0 Å². The van der Waals surface area contributed by atoms with E-state index in [1.54, 1.807) is 0 Å². The standard InChI is InChI=1S/C16H25NO2/c1-11-8-9-13(12(2)17-3)16(10-11)19-15-7-5-4-6-14(15)18/h8-10,12,14-15,17-18H,4-7H2,1-3H3. The first kappa shape index (κ1) is 14.4. The molecule has 0 aromatic heterocycles. The van der Waals surface area contributed by atoms with Gasteiger partial charge in [-0.2, -0.15) is 0 Å². The average molecular weight is 263 g/mol. The zero-order chi connectivity index (χ0) is 13.8. The minimum Gasteiger partial charge on any atom is -0.487 e. The molecular formula is C16H25NO2. The number of hydrogen-bond donors (Lipinski definition) is 2. The van der Waals surface area contributed by atoms with E-state index in [9.17, 15) is 5.11 Å². The van der Waals surface area contributed by atoms with Crippen LogP contribution in [0.25, 0.3) is 0 Å². The predicted molar refractivity (Wildman–Crippen MR) is 77.5 cm³/mol. The molecule has 1 aliphatic rings. The lowest BCUT2D eigenvalue weighted by molar-refractivity contribution is 0.00617. The van der Waals surface area contributed by atoms with Crippen LogP contribution in [0, 0.1) is 6.92 Å². The Morgan fingerprint density at radius 2 is 2.05 bits per heavy atom. The van der Waals surface area contributed by atoms with Crippen molar-refractivity contribution < 1.29 is 9.84 Å². The molecule has 0 heterocycles. The quantitative estimate of drug-likeness (QED) is 0.877. The SMILES string of the molecule is CNC(C)c1ccc(C)cc1OC1CCCCC1O. The van der Waals surface area contributed by atoms with E-state index < -0.39 is 0 Å². The molecule has 106 valence electrons. The fourth-order valence-corrected chi connectivity index (χ4v) is 2.63. The molecule has 0 amide bonds. The number of nitrogens with one attached hydrogen (secondary N) is 1. The van der Waals surface area contributed by atoms with Crippen LogP contribution in [-0.2, 0) is 0 Å². The molecule has 3 unspecified atom stereocenters. The van der Waals surface area contributed by atoms with Crippen molar-refractivity contribution in [3.05, 3.63) is 29.3 Å². The van der Waals surface area contributed by atoms with Crippen LogP contribution in [0.5, 0.6) is 5.75 Å². The molecule has 1 aromatic carbocycles. The summed E-state index contributed by atoms with van der Waals surface area (Å²) in [4.78, 5) is 0. The molecule has 1 saturated carbocycles. The molecule has 0 saturated heterocycles. The fourth-order valence-electron chi connectivity index (χ4n) is 2.63. The van der Waals surface area contributed by atoms with Gasteiger partial charge in [-0.05, 0) is 51.8 Å². The summed E-state index contributed by atoms with van der Waals surface area (Å²) in [6.07, 6.45) is 3.67. The number of aliphatic hydroxyl groups is 1. The lowest BCUT2D eigenvalue weighted by Gasteiger charge is -2.30. The van der Waals surface area contributed by atoms with Crippen LogP contribution in [0.4, 0.5) is 0 Å². The highest BCUT2D eigenvalue weighted by Crippen LogP contribution is 2.30. The minimum absolute atomic E-state index is 0.0571. The van der Waals surface area contributed by atoms with E-state index in [0.29, 0.717) is 0 Å². The van der Waals surface area contributed by atoms with Gasteiger partial charge in [0.25, 0.3) is 0 Å². The van der Waals surface area contributed by atoms with Gasteiger partial charge in [-0.1, -0.05) is 18.6 Å². The Hall–Kier alpha value is -1.06. The van der Waals surface area contributed by atoms with Gasteiger partial charge in [0.05, 0.1) is 6.10 Å². The van der Waals surface area contributed by atoms with E-state index in [-0.39, 0.29) is 18.2 Å². The van der Waals surface area contributed by atoms with E-state index in [2.05, 4.69) is 37.4 Å². The third-order valence-electron chi connectivity index (χ3n) is 4.01. The van der Waals surface area contributed by atoms with Gasteiger partial charge in [-0.25, -0.2) is 0 Å². The highest BCUT2D eigenvalue weighted by molar-refractivity contribution is 5.39. The van der Waals surface area contributed by atoms with Crippen molar-refractivity contribution >= 4 is 0 Å². The summed E-state index contributed by atoms with van der Waals surface area (Å²) >= 11 is 0. The minimum atomic E-state index is -0.327. The molecule has 0 aliphatic heterocycles. The maximum absolute atomic E-state index is 10.0. The van der Waals surface area contributed by atoms with E-state index in [0.717, 1.165) is 37.0 Å². The van der Waals surface area contributed by atoms with Crippen molar-refractivity contribution in [1.29, 1.82) is 0 Å². The van der Waals surface area contributed by atoms with Crippen molar-refractivity contribution in [2.45, 2.75) is 57.8 Å². The summed E-state index contributed by atoms with van der Waals surface area (Å²) < 4.78 is 6.11. The van der Waals surface area contributed by atoms with Crippen LogP contribution in [0.1, 0.15) is 49.8 Å².